The fraction of sp³-hybridized carbons (Fsp3) is 0.750. The van der Waals surface area contributed by atoms with Gasteiger partial charge in [-0.3, -0.25) is 9.69 Å². The summed E-state index contributed by atoms with van der Waals surface area (Å²) in [5, 5.41) is 0. The number of ketones is 1. The SMILES string of the molecule is C=CC(=O)C1(CCC)CCCCN1C. The van der Waals surface area contributed by atoms with Crippen molar-refractivity contribution >= 4 is 5.78 Å². The normalized spacial score (nSPS) is 28.7. The van der Waals surface area contributed by atoms with Gasteiger partial charge in [-0.15, -0.1) is 0 Å². The Morgan fingerprint density at radius 1 is 1.57 bits per heavy atom. The average molecular weight is 195 g/mol. The highest BCUT2D eigenvalue weighted by atomic mass is 16.1. The molecule has 0 radical (unpaired) electrons. The van der Waals surface area contributed by atoms with Crippen LogP contribution < -0.4 is 0 Å². The number of rotatable bonds is 4. The summed E-state index contributed by atoms with van der Waals surface area (Å²) in [6.45, 7) is 6.80. The Labute approximate surface area is 87.0 Å². The van der Waals surface area contributed by atoms with Crippen molar-refractivity contribution in [3.8, 4) is 0 Å². The van der Waals surface area contributed by atoms with Crippen LogP contribution in [0.25, 0.3) is 0 Å². The number of piperidine rings is 1. The minimum absolute atomic E-state index is 0.210. The molecule has 1 unspecified atom stereocenters. The molecule has 80 valence electrons. The summed E-state index contributed by atoms with van der Waals surface area (Å²) in [6, 6.07) is 0. The number of hydrogen-bond donors (Lipinski definition) is 0. The van der Waals surface area contributed by atoms with Gasteiger partial charge in [0.25, 0.3) is 0 Å². The Kier molecular flexibility index (Phi) is 3.87. The van der Waals surface area contributed by atoms with Gasteiger partial charge in [-0.25, -0.2) is 0 Å². The lowest BCUT2D eigenvalue weighted by atomic mass is 9.79. The summed E-state index contributed by atoms with van der Waals surface area (Å²) >= 11 is 0. The van der Waals surface area contributed by atoms with Crippen molar-refractivity contribution in [3.63, 3.8) is 0 Å². The van der Waals surface area contributed by atoms with E-state index in [4.69, 9.17) is 0 Å². The zero-order valence-electron chi connectivity index (χ0n) is 9.38. The van der Waals surface area contributed by atoms with Crippen LogP contribution in [0, 0.1) is 0 Å². The quantitative estimate of drug-likeness (QED) is 0.642. The summed E-state index contributed by atoms with van der Waals surface area (Å²) < 4.78 is 0. The van der Waals surface area contributed by atoms with Gasteiger partial charge in [0, 0.05) is 0 Å². The lowest BCUT2D eigenvalue weighted by molar-refractivity contribution is -0.128. The second-order valence-electron chi connectivity index (χ2n) is 4.23. The smallest absolute Gasteiger partial charge is 0.175 e. The molecular weight excluding hydrogens is 174 g/mol. The molecule has 1 aliphatic rings. The summed E-state index contributed by atoms with van der Waals surface area (Å²) in [6.07, 6.45) is 6.91. The molecule has 1 aliphatic heterocycles. The Bertz CT molecular complexity index is 220. The van der Waals surface area contributed by atoms with Crippen LogP contribution in [0.2, 0.25) is 0 Å². The highest BCUT2D eigenvalue weighted by Crippen LogP contribution is 2.32. The molecule has 0 amide bonds. The summed E-state index contributed by atoms with van der Waals surface area (Å²) in [7, 11) is 2.07. The van der Waals surface area contributed by atoms with E-state index in [1.54, 1.807) is 0 Å². The third-order valence-corrected chi connectivity index (χ3v) is 3.37. The molecule has 0 aromatic rings. The van der Waals surface area contributed by atoms with Crippen LogP contribution in [0.15, 0.2) is 12.7 Å². The van der Waals surface area contributed by atoms with E-state index >= 15 is 0 Å². The third kappa shape index (κ3) is 1.90. The maximum atomic E-state index is 11.9. The van der Waals surface area contributed by atoms with E-state index in [9.17, 15) is 4.79 Å². The monoisotopic (exact) mass is 195 g/mol. The largest absolute Gasteiger partial charge is 0.294 e. The van der Waals surface area contributed by atoms with Gasteiger partial charge in [0.2, 0.25) is 0 Å². The molecule has 2 heteroatoms. The minimum Gasteiger partial charge on any atom is -0.294 e. The lowest BCUT2D eigenvalue weighted by Gasteiger charge is -2.43. The molecule has 0 N–H and O–H groups in total. The predicted molar refractivity (Wildman–Crippen MR) is 59.3 cm³/mol. The molecule has 1 atom stereocenters. The average Bonchev–Trinajstić information content (AvgIpc) is 2.20. The van der Waals surface area contributed by atoms with Crippen molar-refractivity contribution in [2.45, 2.75) is 44.6 Å². The molecule has 1 rings (SSSR count). The van der Waals surface area contributed by atoms with E-state index in [0.717, 1.165) is 25.8 Å². The second-order valence-corrected chi connectivity index (χ2v) is 4.23. The van der Waals surface area contributed by atoms with Crippen molar-refractivity contribution in [2.75, 3.05) is 13.6 Å². The van der Waals surface area contributed by atoms with E-state index in [1.165, 1.54) is 18.9 Å². The number of carbonyl (C=O) groups is 1. The van der Waals surface area contributed by atoms with Gasteiger partial charge in [-0.1, -0.05) is 19.9 Å². The van der Waals surface area contributed by atoms with Crippen LogP contribution in [0.4, 0.5) is 0 Å². The Balaban J connectivity index is 2.87. The van der Waals surface area contributed by atoms with Crippen LogP contribution in [0.5, 0.6) is 0 Å². The van der Waals surface area contributed by atoms with Crippen LogP contribution >= 0.6 is 0 Å². The van der Waals surface area contributed by atoms with E-state index < -0.39 is 0 Å². The molecule has 0 aliphatic carbocycles. The topological polar surface area (TPSA) is 20.3 Å². The first kappa shape index (κ1) is 11.4. The molecule has 2 nitrogen and oxygen atoms in total. The standard InChI is InChI=1S/C12H21NO/c1-4-8-12(11(14)5-2)9-6-7-10-13(12)3/h5H,2,4,6-10H2,1,3H3. The summed E-state index contributed by atoms with van der Waals surface area (Å²) in [5.41, 5.74) is -0.227. The van der Waals surface area contributed by atoms with Gasteiger partial charge >= 0.3 is 0 Å². The Hall–Kier alpha value is -0.630. The molecule has 0 aromatic carbocycles. The van der Waals surface area contributed by atoms with Crippen LogP contribution in [-0.2, 0) is 4.79 Å². The minimum atomic E-state index is -0.227. The molecule has 1 saturated heterocycles. The van der Waals surface area contributed by atoms with Gasteiger partial charge in [0.05, 0.1) is 5.54 Å². The first-order valence-corrected chi connectivity index (χ1v) is 5.55. The summed E-state index contributed by atoms with van der Waals surface area (Å²) in [5.74, 6) is 0.210. The predicted octanol–water partition coefficient (Wildman–Crippen LogP) is 2.40. The van der Waals surface area contributed by atoms with Crippen molar-refractivity contribution in [1.29, 1.82) is 0 Å². The molecule has 14 heavy (non-hydrogen) atoms. The zero-order chi connectivity index (χ0) is 10.6. The van der Waals surface area contributed by atoms with Crippen molar-refractivity contribution in [2.24, 2.45) is 0 Å². The van der Waals surface area contributed by atoms with E-state index in [-0.39, 0.29) is 11.3 Å². The van der Waals surface area contributed by atoms with Gasteiger partial charge in [-0.2, -0.15) is 0 Å². The highest BCUT2D eigenvalue weighted by molar-refractivity contribution is 5.97. The number of nitrogens with zero attached hydrogens (tertiary/aromatic N) is 1. The maximum absolute atomic E-state index is 11.9. The number of likely N-dealkylation sites (N-methyl/N-ethyl adjacent to an activating group) is 1. The first-order valence-electron chi connectivity index (χ1n) is 5.55. The lowest BCUT2D eigenvalue weighted by Crippen LogP contribution is -2.54. The fourth-order valence-electron chi connectivity index (χ4n) is 2.53. The van der Waals surface area contributed by atoms with Crippen LogP contribution in [0.1, 0.15) is 39.0 Å². The van der Waals surface area contributed by atoms with Crippen molar-refractivity contribution in [3.05, 3.63) is 12.7 Å². The van der Waals surface area contributed by atoms with Gasteiger partial charge < -0.3 is 0 Å². The zero-order valence-corrected chi connectivity index (χ0v) is 9.38. The van der Waals surface area contributed by atoms with Gasteiger partial charge in [-0.05, 0) is 45.4 Å². The van der Waals surface area contributed by atoms with Gasteiger partial charge in [0.15, 0.2) is 5.78 Å². The Morgan fingerprint density at radius 2 is 2.29 bits per heavy atom. The van der Waals surface area contributed by atoms with E-state index in [0.29, 0.717) is 0 Å². The molecule has 0 saturated carbocycles. The third-order valence-electron chi connectivity index (χ3n) is 3.37. The molecule has 1 fully saturated rings. The highest BCUT2D eigenvalue weighted by Gasteiger charge is 2.40. The van der Waals surface area contributed by atoms with Crippen LogP contribution in [-0.4, -0.2) is 29.8 Å². The molecular formula is C12H21NO. The number of carbonyl (C=O) groups excluding carboxylic acids is 1. The maximum Gasteiger partial charge on any atom is 0.175 e. The van der Waals surface area contributed by atoms with E-state index in [2.05, 4.69) is 25.5 Å². The van der Waals surface area contributed by atoms with E-state index in [1.807, 2.05) is 0 Å². The second kappa shape index (κ2) is 4.74. The molecule has 1 heterocycles. The molecule has 0 aromatic heterocycles. The summed E-state index contributed by atoms with van der Waals surface area (Å²) in [4.78, 5) is 14.2. The fourth-order valence-corrected chi connectivity index (χ4v) is 2.53. The Morgan fingerprint density at radius 3 is 2.79 bits per heavy atom. The first-order chi connectivity index (χ1) is 6.67. The molecule has 0 bridgehead atoms. The number of likely N-dealkylation sites (tertiary alicyclic amines) is 1. The van der Waals surface area contributed by atoms with Crippen molar-refractivity contribution in [1.82, 2.24) is 4.90 Å². The van der Waals surface area contributed by atoms with Gasteiger partial charge in [0.1, 0.15) is 0 Å². The number of hydrogen-bond acceptors (Lipinski definition) is 2. The molecule has 0 spiro atoms. The van der Waals surface area contributed by atoms with Crippen molar-refractivity contribution < 1.29 is 4.79 Å². The van der Waals surface area contributed by atoms with Crippen LogP contribution in [0.3, 0.4) is 0 Å².